The first kappa shape index (κ1) is 19.8. The van der Waals surface area contributed by atoms with Crippen LogP contribution in [0.3, 0.4) is 0 Å². The Morgan fingerprint density at radius 2 is 1.96 bits per heavy atom. The number of hydrogen-bond acceptors (Lipinski definition) is 8. The summed E-state index contributed by atoms with van der Waals surface area (Å²) in [5.74, 6) is 0.690. The van der Waals surface area contributed by atoms with Gasteiger partial charge in [-0.15, -0.1) is 11.3 Å². The van der Waals surface area contributed by atoms with Crippen LogP contribution in [0, 0.1) is 0 Å². The van der Waals surface area contributed by atoms with Gasteiger partial charge in [0.15, 0.2) is 0 Å². The molecule has 10 heteroatoms. The van der Waals surface area contributed by atoms with Crippen molar-refractivity contribution in [3.8, 4) is 0 Å². The number of nitrogens with zero attached hydrogens (tertiary/aromatic N) is 5. The number of amides is 1. The monoisotopic (exact) mass is 425 g/mol. The molecule has 2 aliphatic heterocycles. The van der Waals surface area contributed by atoms with Crippen LogP contribution in [0.5, 0.6) is 0 Å². The molecule has 28 heavy (non-hydrogen) atoms. The molecule has 4 rings (SSSR count). The summed E-state index contributed by atoms with van der Waals surface area (Å²) in [5, 5.41) is 10.8. The van der Waals surface area contributed by atoms with E-state index < -0.39 is 6.10 Å². The van der Waals surface area contributed by atoms with Gasteiger partial charge in [-0.3, -0.25) is 9.69 Å². The lowest BCUT2D eigenvalue weighted by atomic mass is 10.2. The number of aliphatic hydroxyl groups excluding tert-OH is 1. The van der Waals surface area contributed by atoms with Crippen molar-refractivity contribution < 1.29 is 14.6 Å². The van der Waals surface area contributed by atoms with E-state index in [2.05, 4.69) is 25.8 Å². The van der Waals surface area contributed by atoms with E-state index in [1.165, 1.54) is 11.8 Å². The summed E-state index contributed by atoms with van der Waals surface area (Å²) >= 11 is 7.81. The average Bonchev–Trinajstić information content (AvgIpc) is 3.10. The third-order valence-corrected chi connectivity index (χ3v) is 6.31. The van der Waals surface area contributed by atoms with Crippen LogP contribution in [0.15, 0.2) is 6.07 Å². The molecule has 0 saturated carbocycles. The molecule has 2 aromatic rings. The van der Waals surface area contributed by atoms with Crippen LogP contribution < -0.4 is 4.90 Å². The Balaban J connectivity index is 1.47. The Kier molecular flexibility index (Phi) is 5.98. The number of fused-ring (bicyclic) bond motifs is 1. The van der Waals surface area contributed by atoms with Crippen LogP contribution in [0.25, 0.3) is 10.2 Å². The predicted octanol–water partition coefficient (Wildman–Crippen LogP) is 1.21. The number of carbonyl (C=O) groups excluding carboxylic acids is 1. The van der Waals surface area contributed by atoms with Crippen molar-refractivity contribution in [1.29, 1.82) is 0 Å². The smallest absolute Gasteiger partial charge is 0.251 e. The van der Waals surface area contributed by atoms with Gasteiger partial charge in [0.25, 0.3) is 5.91 Å². The molecule has 4 heterocycles. The molecule has 8 nitrogen and oxygen atoms in total. The van der Waals surface area contributed by atoms with E-state index in [-0.39, 0.29) is 11.2 Å². The summed E-state index contributed by atoms with van der Waals surface area (Å²) < 4.78 is 5.44. The third kappa shape index (κ3) is 4.23. The molecule has 0 radical (unpaired) electrons. The Morgan fingerprint density at radius 1 is 1.25 bits per heavy atom. The van der Waals surface area contributed by atoms with Crippen LogP contribution in [-0.2, 0) is 16.1 Å². The number of carbonyl (C=O) groups is 1. The van der Waals surface area contributed by atoms with Gasteiger partial charge in [-0.2, -0.15) is 4.98 Å². The first-order valence-corrected chi connectivity index (χ1v) is 10.7. The lowest BCUT2D eigenvalue weighted by Crippen LogP contribution is -2.50. The summed E-state index contributed by atoms with van der Waals surface area (Å²) in [4.78, 5) is 29.2. The van der Waals surface area contributed by atoms with Gasteiger partial charge >= 0.3 is 0 Å². The third-order valence-electron chi connectivity index (χ3n) is 5.13. The fourth-order valence-corrected chi connectivity index (χ4v) is 4.92. The number of thiophene rings is 1. The number of aliphatic hydroxyl groups is 1. The second kappa shape index (κ2) is 8.46. The summed E-state index contributed by atoms with van der Waals surface area (Å²) in [6, 6.07) is 2.16. The summed E-state index contributed by atoms with van der Waals surface area (Å²) in [6.07, 6.45) is -0.934. The minimum absolute atomic E-state index is 0.193. The zero-order valence-corrected chi connectivity index (χ0v) is 17.4. The molecule has 2 saturated heterocycles. The van der Waals surface area contributed by atoms with Gasteiger partial charge in [-0.1, -0.05) is 0 Å². The highest BCUT2D eigenvalue weighted by Gasteiger charge is 2.25. The highest BCUT2D eigenvalue weighted by atomic mass is 35.5. The fraction of sp³-hybridized carbons (Fsp3) is 0.611. The number of aromatic nitrogens is 2. The molecule has 1 atom stereocenters. The van der Waals surface area contributed by atoms with E-state index in [1.54, 1.807) is 16.2 Å². The zero-order valence-electron chi connectivity index (χ0n) is 15.8. The largest absolute Gasteiger partial charge is 0.384 e. The number of ether oxygens (including phenoxy) is 1. The van der Waals surface area contributed by atoms with Crippen molar-refractivity contribution in [2.24, 2.45) is 0 Å². The number of morpholine rings is 1. The van der Waals surface area contributed by atoms with E-state index in [0.29, 0.717) is 26.3 Å². The maximum Gasteiger partial charge on any atom is 0.251 e. The Hall–Kier alpha value is -1.52. The number of halogens is 1. The Bertz CT molecular complexity index is 847. The SMILES string of the molecule is C[C@H](O)C(=O)N1CCN(Cc2cc3c(N4CCOCC4)nc(Cl)nc3s2)CC1. The number of rotatable bonds is 4. The molecule has 1 amide bonds. The van der Waals surface area contributed by atoms with Crippen molar-refractivity contribution in [2.45, 2.75) is 19.6 Å². The van der Waals surface area contributed by atoms with Crippen molar-refractivity contribution in [2.75, 3.05) is 57.4 Å². The lowest BCUT2D eigenvalue weighted by Gasteiger charge is -2.35. The summed E-state index contributed by atoms with van der Waals surface area (Å²) in [6.45, 7) is 8.15. The highest BCUT2D eigenvalue weighted by molar-refractivity contribution is 7.18. The molecule has 152 valence electrons. The molecule has 0 spiro atoms. The molecule has 0 aromatic carbocycles. The minimum Gasteiger partial charge on any atom is -0.384 e. The number of piperazine rings is 1. The maximum absolute atomic E-state index is 11.9. The molecule has 2 aliphatic rings. The molecule has 0 unspecified atom stereocenters. The first-order chi connectivity index (χ1) is 13.5. The zero-order chi connectivity index (χ0) is 19.7. The lowest BCUT2D eigenvalue weighted by molar-refractivity contribution is -0.141. The van der Waals surface area contributed by atoms with Crippen LogP contribution in [-0.4, -0.2) is 89.4 Å². The first-order valence-electron chi connectivity index (χ1n) is 9.49. The summed E-state index contributed by atoms with van der Waals surface area (Å²) in [7, 11) is 0. The molecular formula is C18H24ClN5O3S. The second-order valence-corrected chi connectivity index (χ2v) is 8.58. The standard InChI is InChI=1S/C18H24ClN5O3S/c1-12(25)17(26)24-4-2-22(3-5-24)11-13-10-14-15(23-6-8-27-9-7-23)20-18(19)21-16(14)28-13/h10,12,25H,2-9,11H2,1H3/t12-/m0/s1. The van der Waals surface area contributed by atoms with Crippen LogP contribution in [0.2, 0.25) is 5.28 Å². The molecule has 1 N–H and O–H groups in total. The number of anilines is 1. The van der Waals surface area contributed by atoms with Crippen molar-refractivity contribution in [3.63, 3.8) is 0 Å². The molecule has 2 fully saturated rings. The average molecular weight is 426 g/mol. The van der Waals surface area contributed by atoms with Crippen LogP contribution in [0.1, 0.15) is 11.8 Å². The molecule has 0 aliphatic carbocycles. The minimum atomic E-state index is -0.934. The molecule has 2 aromatic heterocycles. The predicted molar refractivity (Wildman–Crippen MR) is 109 cm³/mol. The van der Waals surface area contributed by atoms with Crippen LogP contribution >= 0.6 is 22.9 Å². The van der Waals surface area contributed by atoms with Gasteiger partial charge in [-0.25, -0.2) is 4.98 Å². The highest BCUT2D eigenvalue weighted by Crippen LogP contribution is 2.33. The van der Waals surface area contributed by atoms with Crippen molar-refractivity contribution in [3.05, 3.63) is 16.2 Å². The Labute approximate surface area is 172 Å². The van der Waals surface area contributed by atoms with E-state index in [9.17, 15) is 9.90 Å². The van der Waals surface area contributed by atoms with Crippen LogP contribution in [0.4, 0.5) is 5.82 Å². The van der Waals surface area contributed by atoms with Crippen molar-refractivity contribution >= 4 is 44.9 Å². The second-order valence-electron chi connectivity index (χ2n) is 7.12. The van der Waals surface area contributed by atoms with Gasteiger partial charge in [0, 0.05) is 50.7 Å². The van der Waals surface area contributed by atoms with Gasteiger partial charge in [0.2, 0.25) is 5.28 Å². The quantitative estimate of drug-likeness (QED) is 0.737. The van der Waals surface area contributed by atoms with E-state index >= 15 is 0 Å². The van der Waals surface area contributed by atoms with E-state index in [4.69, 9.17) is 16.3 Å². The van der Waals surface area contributed by atoms with Crippen molar-refractivity contribution in [1.82, 2.24) is 19.8 Å². The van der Waals surface area contributed by atoms with Gasteiger partial charge in [0.05, 0.1) is 18.6 Å². The van der Waals surface area contributed by atoms with Gasteiger partial charge < -0.3 is 19.6 Å². The Morgan fingerprint density at radius 3 is 2.64 bits per heavy atom. The van der Waals surface area contributed by atoms with E-state index in [1.807, 2.05) is 0 Å². The maximum atomic E-state index is 11.9. The van der Waals surface area contributed by atoms with Gasteiger partial charge in [-0.05, 0) is 24.6 Å². The normalized spacial score (nSPS) is 20.0. The number of hydrogen-bond donors (Lipinski definition) is 1. The fourth-order valence-electron chi connectivity index (χ4n) is 3.64. The topological polar surface area (TPSA) is 82.0 Å². The van der Waals surface area contributed by atoms with Gasteiger partial charge in [0.1, 0.15) is 16.8 Å². The molecule has 0 bridgehead atoms. The van der Waals surface area contributed by atoms with E-state index in [0.717, 1.165) is 48.8 Å². The summed E-state index contributed by atoms with van der Waals surface area (Å²) in [5.41, 5.74) is 0. The molecular weight excluding hydrogens is 402 g/mol.